The number of benzene rings is 2. The van der Waals surface area contributed by atoms with E-state index in [1.54, 1.807) is 50.4 Å². The normalized spacial score (nSPS) is 22.1. The van der Waals surface area contributed by atoms with Crippen LogP contribution in [0.1, 0.15) is 36.3 Å². The first-order valence-electron chi connectivity index (χ1n) is 9.90. The quantitative estimate of drug-likeness (QED) is 0.509. The van der Waals surface area contributed by atoms with Crippen molar-refractivity contribution in [3.8, 4) is 5.75 Å². The predicted octanol–water partition coefficient (Wildman–Crippen LogP) is 5.85. The number of rotatable bonds is 3. The number of halogens is 4. The summed E-state index contributed by atoms with van der Waals surface area (Å²) < 4.78 is 48.4. The maximum absolute atomic E-state index is 14.3. The zero-order valence-corrected chi connectivity index (χ0v) is 18.3. The lowest BCUT2D eigenvalue weighted by Gasteiger charge is -2.44. The summed E-state index contributed by atoms with van der Waals surface area (Å²) in [5.74, 6) is 0.882. The Kier molecular flexibility index (Phi) is 5.55. The molecule has 0 saturated heterocycles. The third-order valence-corrected chi connectivity index (χ3v) is 5.99. The van der Waals surface area contributed by atoms with Crippen LogP contribution in [0.25, 0.3) is 16.5 Å². The molecule has 0 saturated carbocycles. The van der Waals surface area contributed by atoms with Gasteiger partial charge in [0.25, 0.3) is 0 Å². The molecule has 1 aromatic heterocycles. The smallest absolute Gasteiger partial charge is 0.419 e. The van der Waals surface area contributed by atoms with Crippen molar-refractivity contribution >= 4 is 33.8 Å². The highest BCUT2D eigenvalue weighted by Gasteiger charge is 2.61. The number of anilines is 1. The summed E-state index contributed by atoms with van der Waals surface area (Å²) in [4.78, 5) is 8.51. The molecule has 0 spiro atoms. The zero-order chi connectivity index (χ0) is 23.3. The molecular weight excluding hydrogens is 443 g/mol. The molecule has 168 valence electrons. The van der Waals surface area contributed by atoms with E-state index in [-0.39, 0.29) is 10.6 Å². The van der Waals surface area contributed by atoms with Crippen molar-refractivity contribution in [2.45, 2.75) is 38.1 Å². The summed E-state index contributed by atoms with van der Waals surface area (Å²) in [5, 5.41) is 14.8. The molecule has 2 atom stereocenters. The second kappa shape index (κ2) is 7.94. The highest BCUT2D eigenvalue weighted by molar-refractivity contribution is 6.31. The lowest BCUT2D eigenvalue weighted by Crippen LogP contribution is -2.54. The van der Waals surface area contributed by atoms with E-state index in [4.69, 9.17) is 16.3 Å². The Balaban J connectivity index is 1.97. The number of fused-ring (bicyclic) bond motifs is 2. The first-order valence-corrected chi connectivity index (χ1v) is 10.3. The van der Waals surface area contributed by atoms with E-state index in [1.807, 2.05) is 0 Å². The van der Waals surface area contributed by atoms with Crippen LogP contribution in [0, 0.1) is 6.92 Å². The summed E-state index contributed by atoms with van der Waals surface area (Å²) in [7, 11) is 1.43. The number of hydrogen-bond donors (Lipinski definition) is 2. The fourth-order valence-corrected chi connectivity index (χ4v) is 4.43. The van der Waals surface area contributed by atoms with Gasteiger partial charge in [-0.05, 0) is 49.2 Å². The first kappa shape index (κ1) is 22.4. The molecule has 2 N–H and O–H groups in total. The second-order valence-corrected chi connectivity index (χ2v) is 8.15. The Morgan fingerprint density at radius 2 is 2.06 bits per heavy atom. The van der Waals surface area contributed by atoms with E-state index in [0.29, 0.717) is 39.3 Å². The number of aryl methyl sites for hydroxylation is 1. The number of alkyl halides is 3. The Bertz CT molecular complexity index is 1230. The van der Waals surface area contributed by atoms with E-state index >= 15 is 0 Å². The van der Waals surface area contributed by atoms with Gasteiger partial charge in [0.15, 0.2) is 5.60 Å². The first-order chi connectivity index (χ1) is 15.1. The number of aromatic nitrogens is 2. The van der Waals surface area contributed by atoms with Crippen LogP contribution in [0.5, 0.6) is 5.75 Å². The van der Waals surface area contributed by atoms with Crippen LogP contribution < -0.4 is 10.1 Å². The highest BCUT2D eigenvalue weighted by atomic mass is 35.5. The summed E-state index contributed by atoms with van der Waals surface area (Å²) in [6.07, 6.45) is -2.47. The summed E-state index contributed by atoms with van der Waals surface area (Å²) in [6, 6.07) is 6.49. The molecule has 5 nitrogen and oxygen atoms in total. The lowest BCUT2D eigenvalue weighted by atomic mass is 9.72. The minimum absolute atomic E-state index is 0.193. The van der Waals surface area contributed by atoms with E-state index in [1.165, 1.54) is 13.2 Å². The van der Waals surface area contributed by atoms with Crippen LogP contribution in [0.3, 0.4) is 0 Å². The van der Waals surface area contributed by atoms with Crippen molar-refractivity contribution in [2.24, 2.45) is 0 Å². The maximum atomic E-state index is 14.3. The fourth-order valence-electron chi connectivity index (χ4n) is 4.21. The number of allylic oxidation sites excluding steroid dienone is 1. The van der Waals surface area contributed by atoms with Crippen molar-refractivity contribution < 1.29 is 23.0 Å². The number of methoxy groups -OCH3 is 1. The monoisotopic (exact) mass is 463 g/mol. The lowest BCUT2D eigenvalue weighted by molar-refractivity contribution is -0.265. The van der Waals surface area contributed by atoms with Crippen LogP contribution in [-0.4, -0.2) is 34.0 Å². The minimum atomic E-state index is -4.93. The highest BCUT2D eigenvalue weighted by Crippen LogP contribution is 2.54. The molecule has 0 aliphatic heterocycles. The second-order valence-electron chi connectivity index (χ2n) is 7.72. The zero-order valence-electron chi connectivity index (χ0n) is 17.6. The summed E-state index contributed by atoms with van der Waals surface area (Å²) >= 11 is 6.23. The molecule has 1 aliphatic carbocycles. The molecule has 3 aromatic rings. The van der Waals surface area contributed by atoms with Crippen LogP contribution in [-0.2, 0) is 0 Å². The molecule has 9 heteroatoms. The van der Waals surface area contributed by atoms with E-state index in [2.05, 4.69) is 15.3 Å². The van der Waals surface area contributed by atoms with Gasteiger partial charge in [0, 0.05) is 34.3 Å². The van der Waals surface area contributed by atoms with Gasteiger partial charge in [0.05, 0.1) is 18.7 Å². The molecule has 1 heterocycles. The molecule has 1 aliphatic rings. The molecule has 2 aromatic carbocycles. The van der Waals surface area contributed by atoms with E-state index in [0.717, 1.165) is 0 Å². The third kappa shape index (κ3) is 3.57. The molecule has 0 bridgehead atoms. The van der Waals surface area contributed by atoms with Gasteiger partial charge >= 0.3 is 6.18 Å². The topological polar surface area (TPSA) is 67.3 Å². The van der Waals surface area contributed by atoms with Gasteiger partial charge in [-0.2, -0.15) is 13.2 Å². The molecule has 0 fully saturated rings. The van der Waals surface area contributed by atoms with E-state index < -0.39 is 24.2 Å². The average Bonchev–Trinajstić information content (AvgIpc) is 2.73. The van der Waals surface area contributed by atoms with Crippen LogP contribution in [0.2, 0.25) is 5.02 Å². The predicted molar refractivity (Wildman–Crippen MR) is 118 cm³/mol. The van der Waals surface area contributed by atoms with Gasteiger partial charge < -0.3 is 15.2 Å². The Hall–Kier alpha value is -2.84. The number of nitrogens with zero attached hydrogens (tertiary/aromatic N) is 2. The number of ether oxygens (including phenoxy) is 1. The molecule has 4 rings (SSSR count). The van der Waals surface area contributed by atoms with E-state index in [9.17, 15) is 18.3 Å². The largest absolute Gasteiger partial charge is 0.496 e. The Morgan fingerprint density at radius 3 is 2.72 bits per heavy atom. The van der Waals surface area contributed by atoms with Crippen LogP contribution >= 0.6 is 11.6 Å². The van der Waals surface area contributed by atoms with Crippen molar-refractivity contribution in [1.29, 1.82) is 0 Å². The number of nitrogens with one attached hydrogen (secondary N) is 1. The van der Waals surface area contributed by atoms with Crippen molar-refractivity contribution in [3.05, 3.63) is 64.6 Å². The van der Waals surface area contributed by atoms with Gasteiger partial charge in [-0.25, -0.2) is 9.97 Å². The van der Waals surface area contributed by atoms with Gasteiger partial charge in [-0.1, -0.05) is 23.7 Å². The molecule has 32 heavy (non-hydrogen) atoms. The summed E-state index contributed by atoms with van der Waals surface area (Å²) in [5.41, 5.74) is -1.15. The van der Waals surface area contributed by atoms with Crippen LogP contribution in [0.15, 0.2) is 42.6 Å². The number of hydrogen-bond acceptors (Lipinski definition) is 5. The maximum Gasteiger partial charge on any atom is 0.419 e. The molecule has 0 amide bonds. The summed E-state index contributed by atoms with van der Waals surface area (Å²) in [6.45, 7) is 3.36. The van der Waals surface area contributed by atoms with Crippen molar-refractivity contribution in [1.82, 2.24) is 9.97 Å². The minimum Gasteiger partial charge on any atom is -0.496 e. The Morgan fingerprint density at radius 1 is 1.31 bits per heavy atom. The number of aliphatic hydroxyl groups is 1. The van der Waals surface area contributed by atoms with Crippen molar-refractivity contribution in [3.63, 3.8) is 0 Å². The van der Waals surface area contributed by atoms with Gasteiger partial charge in [0.2, 0.25) is 0 Å². The molecular formula is C23H21ClF3N3O2. The van der Waals surface area contributed by atoms with Crippen LogP contribution in [0.4, 0.5) is 18.9 Å². The SMILES string of the molecule is C/C=C1\C[C@@](O)(C(F)(F)F)[C@@H](Nc2cccc3nc(C)ncc23)c2cc(Cl)cc(OC)c21. The van der Waals surface area contributed by atoms with Gasteiger partial charge in [-0.3, -0.25) is 0 Å². The van der Waals surface area contributed by atoms with Crippen molar-refractivity contribution in [2.75, 3.05) is 12.4 Å². The third-order valence-electron chi connectivity index (χ3n) is 5.77. The standard InChI is InChI=1S/C23H21ClF3N3O2/c1-4-13-10-22(31,23(25,26)27)21(15-8-14(24)9-19(32-3)20(13)15)30-18-7-5-6-17-16(18)11-28-12(2)29-17/h4-9,11,21,30-31H,10H2,1-3H3/b13-4+/t21-,22-/m0/s1. The van der Waals surface area contributed by atoms with Gasteiger partial charge in [0.1, 0.15) is 11.6 Å². The fraction of sp³-hybridized carbons (Fsp3) is 0.304. The molecule has 0 unspecified atom stereocenters. The average molecular weight is 464 g/mol. The molecule has 0 radical (unpaired) electrons. The van der Waals surface area contributed by atoms with Gasteiger partial charge in [-0.15, -0.1) is 0 Å². The Labute approximate surface area is 187 Å².